The average molecular weight is 736 g/mol. The van der Waals surface area contributed by atoms with Crippen molar-refractivity contribution in [2.75, 3.05) is 13.2 Å². The number of halogens is 1. The normalized spacial score (nSPS) is 13.9. The maximum atomic E-state index is 14.2. The number of fused-ring (bicyclic) bond motifs is 1. The van der Waals surface area contributed by atoms with Crippen molar-refractivity contribution in [3.8, 4) is 0 Å². The Morgan fingerprint density at radius 2 is 1.30 bits per heavy atom. The summed E-state index contributed by atoms with van der Waals surface area (Å²) in [5.41, 5.74) is 23.2. The van der Waals surface area contributed by atoms with Crippen molar-refractivity contribution in [1.82, 2.24) is 21.3 Å². The predicted molar refractivity (Wildman–Crippen MR) is 199 cm³/mol. The van der Waals surface area contributed by atoms with Gasteiger partial charge in [0.15, 0.2) is 5.96 Å². The Morgan fingerprint density at radius 3 is 1.92 bits per heavy atom. The van der Waals surface area contributed by atoms with E-state index in [0.29, 0.717) is 17.5 Å². The summed E-state index contributed by atoms with van der Waals surface area (Å²) in [6, 6.07) is 12.2. The van der Waals surface area contributed by atoms with Crippen LogP contribution < -0.4 is 44.2 Å². The summed E-state index contributed by atoms with van der Waals surface area (Å²) in [6.07, 6.45) is 0.534. The van der Waals surface area contributed by atoms with E-state index in [-0.39, 0.29) is 44.1 Å². The molecule has 0 radical (unpaired) electrons. The molecule has 13 N–H and O–H groups in total. The molecule has 0 spiro atoms. The smallest absolute Gasteiger partial charge is 0.243 e. The molecule has 0 heterocycles. The number of benzene rings is 3. The topological polar surface area (TPSA) is 270 Å². The second-order valence-electron chi connectivity index (χ2n) is 13.2. The molecule has 0 aliphatic heterocycles. The number of nitrogens with one attached hydrogen (secondary N) is 4. The molecular formula is C37H50FN9O6. The van der Waals surface area contributed by atoms with E-state index in [0.717, 1.165) is 10.8 Å². The molecule has 0 fully saturated rings. The molecule has 0 saturated carbocycles. The van der Waals surface area contributed by atoms with E-state index < -0.39 is 72.2 Å². The monoisotopic (exact) mass is 735 g/mol. The van der Waals surface area contributed by atoms with E-state index in [4.69, 9.17) is 22.9 Å². The van der Waals surface area contributed by atoms with Gasteiger partial charge in [0.2, 0.25) is 29.5 Å². The number of hydrogen-bond donors (Lipinski definition) is 9. The number of primary amides is 1. The van der Waals surface area contributed by atoms with Crippen molar-refractivity contribution in [3.63, 3.8) is 0 Å². The van der Waals surface area contributed by atoms with Gasteiger partial charge in [0.1, 0.15) is 36.0 Å². The zero-order chi connectivity index (χ0) is 39.1. The van der Waals surface area contributed by atoms with Crippen LogP contribution in [0.25, 0.3) is 10.8 Å². The minimum absolute atomic E-state index is 0.0168. The number of nitrogens with two attached hydrogens (primary N) is 4. The highest BCUT2D eigenvalue weighted by atomic mass is 19.1. The fourth-order valence-electron chi connectivity index (χ4n) is 5.64. The van der Waals surface area contributed by atoms with Crippen molar-refractivity contribution in [2.45, 2.75) is 76.2 Å². The first kappa shape index (κ1) is 41.8. The quantitative estimate of drug-likeness (QED) is 0.0415. The van der Waals surface area contributed by atoms with Crippen LogP contribution in [0.4, 0.5) is 4.39 Å². The minimum atomic E-state index is -1.33. The number of amides is 5. The Labute approximate surface area is 307 Å². The minimum Gasteiger partial charge on any atom is -0.394 e. The number of hydrogen-bond acceptors (Lipinski definition) is 8. The number of nitrogens with zero attached hydrogens (tertiary/aromatic N) is 1. The highest BCUT2D eigenvalue weighted by molar-refractivity contribution is 5.96. The molecule has 0 saturated heterocycles. The second kappa shape index (κ2) is 20.4. The summed E-state index contributed by atoms with van der Waals surface area (Å²) in [6.45, 7) is 3.22. The molecule has 0 aliphatic carbocycles. The van der Waals surface area contributed by atoms with Crippen LogP contribution in [0.2, 0.25) is 0 Å². The lowest BCUT2D eigenvalue weighted by molar-refractivity contribution is -0.134. The highest BCUT2D eigenvalue weighted by Crippen LogP contribution is 2.20. The van der Waals surface area contributed by atoms with E-state index in [1.165, 1.54) is 24.3 Å². The fourth-order valence-corrected chi connectivity index (χ4v) is 5.64. The van der Waals surface area contributed by atoms with Gasteiger partial charge >= 0.3 is 0 Å². The molecule has 0 bridgehead atoms. The van der Waals surface area contributed by atoms with Gasteiger partial charge in [0.25, 0.3) is 0 Å². The highest BCUT2D eigenvalue weighted by Gasteiger charge is 2.32. The van der Waals surface area contributed by atoms with Crippen molar-refractivity contribution < 1.29 is 33.5 Å². The predicted octanol–water partition coefficient (Wildman–Crippen LogP) is -0.392. The average Bonchev–Trinajstić information content (AvgIpc) is 3.11. The Morgan fingerprint density at radius 1 is 0.736 bits per heavy atom. The van der Waals surface area contributed by atoms with Gasteiger partial charge in [-0.25, -0.2) is 4.39 Å². The number of aliphatic hydroxyl groups excluding tert-OH is 1. The SMILES string of the molecule is CC(C)C[C@H](NC(=O)[C@H](Cc1cccc2ccccc12)NC(=O)[C@H](Cc1ccc(F)cc1)NC(=O)[C@@H](N)CO)C(=O)N[C@@H](CCCN=C(N)N)C(N)=O. The van der Waals surface area contributed by atoms with Gasteiger partial charge in [-0.2, -0.15) is 0 Å². The van der Waals surface area contributed by atoms with E-state index in [2.05, 4.69) is 26.3 Å². The molecule has 0 aliphatic rings. The summed E-state index contributed by atoms with van der Waals surface area (Å²) in [5, 5.41) is 21.8. The number of carbonyl (C=O) groups is 5. The van der Waals surface area contributed by atoms with Gasteiger partial charge in [0.05, 0.1) is 6.61 Å². The fraction of sp³-hybridized carbons (Fsp3) is 0.405. The van der Waals surface area contributed by atoms with Gasteiger partial charge in [0, 0.05) is 19.4 Å². The molecule has 5 amide bonds. The maximum absolute atomic E-state index is 14.2. The molecule has 3 aromatic rings. The van der Waals surface area contributed by atoms with E-state index >= 15 is 0 Å². The molecule has 0 aromatic heterocycles. The lowest BCUT2D eigenvalue weighted by Crippen LogP contribution is -2.59. The van der Waals surface area contributed by atoms with Crippen LogP contribution in [0.15, 0.2) is 71.7 Å². The number of carbonyl (C=O) groups excluding carboxylic acids is 5. The van der Waals surface area contributed by atoms with E-state index in [9.17, 15) is 33.5 Å². The number of rotatable bonds is 20. The molecule has 0 unspecified atom stereocenters. The molecule has 53 heavy (non-hydrogen) atoms. The van der Waals surface area contributed by atoms with Crippen LogP contribution in [0.5, 0.6) is 0 Å². The van der Waals surface area contributed by atoms with Gasteiger partial charge in [-0.05, 0) is 59.2 Å². The molecule has 5 atom stereocenters. The Bertz CT molecular complexity index is 1740. The molecular weight excluding hydrogens is 685 g/mol. The largest absolute Gasteiger partial charge is 0.394 e. The Balaban J connectivity index is 1.94. The van der Waals surface area contributed by atoms with Gasteiger partial charge in [-0.15, -0.1) is 0 Å². The van der Waals surface area contributed by atoms with Crippen LogP contribution in [0.3, 0.4) is 0 Å². The third kappa shape index (κ3) is 13.5. The molecule has 15 nitrogen and oxygen atoms in total. The zero-order valence-corrected chi connectivity index (χ0v) is 29.9. The Hall–Kier alpha value is -5.61. The lowest BCUT2D eigenvalue weighted by atomic mass is 9.96. The van der Waals surface area contributed by atoms with Crippen LogP contribution in [-0.2, 0) is 36.8 Å². The summed E-state index contributed by atoms with van der Waals surface area (Å²) >= 11 is 0. The van der Waals surface area contributed by atoms with Gasteiger partial charge in [-0.3, -0.25) is 29.0 Å². The van der Waals surface area contributed by atoms with Crippen molar-refractivity contribution >= 4 is 46.3 Å². The summed E-state index contributed by atoms with van der Waals surface area (Å²) in [7, 11) is 0. The van der Waals surface area contributed by atoms with Crippen molar-refractivity contribution in [3.05, 3.63) is 83.7 Å². The third-order valence-electron chi connectivity index (χ3n) is 8.40. The lowest BCUT2D eigenvalue weighted by Gasteiger charge is -2.27. The molecule has 16 heteroatoms. The molecule has 3 aromatic carbocycles. The standard InChI is InChI=1S/C37H50FN9O6/c1-21(2)17-29(34(51)44-28(32(40)49)11-6-16-43-37(41)42)46-36(53)31(19-24-9-5-8-23-7-3-4-10-26(23)24)47-35(52)30(45-33(50)27(39)20-48)18-22-12-14-25(38)15-13-22/h3-5,7-10,12-15,21,27-31,48H,6,11,16-20,39H2,1-2H3,(H2,40,49)(H,44,51)(H,45,50)(H,46,53)(H,47,52)(H4,41,42,43)/t27-,28-,29-,30-,31-/m0/s1. The van der Waals surface area contributed by atoms with Crippen LogP contribution in [0, 0.1) is 11.7 Å². The van der Waals surface area contributed by atoms with Gasteiger partial charge < -0.3 is 49.3 Å². The first-order valence-electron chi connectivity index (χ1n) is 17.3. The number of aliphatic imine (C=N–C) groups is 1. The summed E-state index contributed by atoms with van der Waals surface area (Å²) in [5.74, 6) is -4.45. The molecule has 286 valence electrons. The maximum Gasteiger partial charge on any atom is 0.243 e. The van der Waals surface area contributed by atoms with Crippen molar-refractivity contribution in [1.29, 1.82) is 0 Å². The summed E-state index contributed by atoms with van der Waals surface area (Å²) in [4.78, 5) is 70.6. The van der Waals surface area contributed by atoms with Crippen LogP contribution >= 0.6 is 0 Å². The first-order chi connectivity index (χ1) is 25.2. The number of guanidine groups is 1. The Kier molecular flexibility index (Phi) is 16.1. The van der Waals surface area contributed by atoms with Crippen molar-refractivity contribution in [2.24, 2.45) is 33.8 Å². The zero-order valence-electron chi connectivity index (χ0n) is 29.9. The second-order valence-corrected chi connectivity index (χ2v) is 13.2. The number of aliphatic hydroxyl groups is 1. The van der Waals surface area contributed by atoms with E-state index in [1.54, 1.807) is 0 Å². The van der Waals surface area contributed by atoms with E-state index in [1.807, 2.05) is 56.3 Å². The van der Waals surface area contributed by atoms with Crippen LogP contribution in [-0.4, -0.2) is 84.0 Å². The van der Waals surface area contributed by atoms with Gasteiger partial charge in [-0.1, -0.05) is 68.4 Å². The first-order valence-corrected chi connectivity index (χ1v) is 17.3. The summed E-state index contributed by atoms with van der Waals surface area (Å²) < 4.78 is 13.7. The molecule has 3 rings (SSSR count). The third-order valence-corrected chi connectivity index (χ3v) is 8.40. The van der Waals surface area contributed by atoms with Crippen LogP contribution in [0.1, 0.15) is 44.2 Å².